The van der Waals surface area contributed by atoms with Gasteiger partial charge in [-0.25, -0.2) is 0 Å². The molecule has 2 aliphatic carbocycles. The second kappa shape index (κ2) is 8.01. The molecule has 4 aromatic rings. The Labute approximate surface area is 209 Å². The van der Waals surface area contributed by atoms with Crippen molar-refractivity contribution in [1.29, 1.82) is 0 Å². The molecule has 0 amide bonds. The Morgan fingerprint density at radius 1 is 0.600 bits per heavy atom. The number of para-hydroxylation sites is 1. The van der Waals surface area contributed by atoms with Gasteiger partial charge in [0.1, 0.15) is 0 Å². The Hall–Kier alpha value is -4.06. The van der Waals surface area contributed by atoms with Gasteiger partial charge in [-0.2, -0.15) is 0 Å². The number of hydrogen-bond donors (Lipinski definition) is 3. The summed E-state index contributed by atoms with van der Waals surface area (Å²) in [4.78, 5) is 26.8. The fourth-order valence-electron chi connectivity index (χ4n) is 4.65. The summed E-state index contributed by atoms with van der Waals surface area (Å²) in [5, 5.41) is 10.4. The number of benzene rings is 4. The van der Waals surface area contributed by atoms with Crippen molar-refractivity contribution >= 4 is 73.2 Å². The zero-order chi connectivity index (χ0) is 24.3. The number of nitrogen functional groups attached to an aromatic ring is 1. The van der Waals surface area contributed by atoms with Crippen LogP contribution in [0.2, 0.25) is 10.0 Å². The van der Waals surface area contributed by atoms with Crippen molar-refractivity contribution < 1.29 is 0 Å². The molecule has 4 N–H and O–H groups in total. The molecule has 4 aromatic carbocycles. The number of nitrogens with one attached hydrogen (secondary N) is 2. The maximum absolute atomic E-state index is 13.4. The average Bonchev–Trinajstić information content (AvgIpc) is 2.83. The number of halogens is 2. The van der Waals surface area contributed by atoms with Gasteiger partial charge >= 0.3 is 0 Å². The monoisotopic (exact) mass is 497 g/mol. The molecule has 0 radical (unpaired) electrons. The third-order valence-corrected chi connectivity index (χ3v) is 6.80. The van der Waals surface area contributed by atoms with Crippen LogP contribution < -0.4 is 27.2 Å². The third-order valence-electron chi connectivity index (χ3n) is 6.17. The van der Waals surface area contributed by atoms with Crippen LogP contribution in [0, 0.1) is 10.4 Å². The first-order chi connectivity index (χ1) is 16.9. The molecule has 0 spiro atoms. The standard InChI is InChI=1S/C28H17Cl2N3O2/c29-19-12-21(32-15-4-2-1-3-5-15)27-23(34)10-18-20(30)13-22(33-16-8-6-14(31)7-9-16)28-24(35)11-17(19)25(27)26(18)28/h1-13,32-33H,31H2. The van der Waals surface area contributed by atoms with Crippen molar-refractivity contribution in [1.82, 2.24) is 0 Å². The summed E-state index contributed by atoms with van der Waals surface area (Å²) in [7, 11) is 0. The molecule has 2 aliphatic rings. The molecule has 5 nitrogen and oxygen atoms in total. The lowest BCUT2D eigenvalue weighted by Crippen LogP contribution is -2.12. The smallest absolute Gasteiger partial charge is 0.189 e. The van der Waals surface area contributed by atoms with Crippen molar-refractivity contribution in [2.24, 2.45) is 0 Å². The van der Waals surface area contributed by atoms with E-state index >= 15 is 0 Å². The highest BCUT2D eigenvalue weighted by molar-refractivity contribution is 6.36. The van der Waals surface area contributed by atoms with E-state index < -0.39 is 0 Å². The van der Waals surface area contributed by atoms with Crippen LogP contribution >= 0.6 is 23.2 Å². The van der Waals surface area contributed by atoms with Crippen LogP contribution in [0.3, 0.4) is 0 Å². The molecule has 6 rings (SSSR count). The highest BCUT2D eigenvalue weighted by Crippen LogP contribution is 2.37. The van der Waals surface area contributed by atoms with Gasteiger partial charge in [-0.1, -0.05) is 41.4 Å². The van der Waals surface area contributed by atoms with Gasteiger partial charge in [-0.05, 0) is 60.7 Å². The van der Waals surface area contributed by atoms with Gasteiger partial charge in [0, 0.05) is 38.3 Å². The van der Waals surface area contributed by atoms with Crippen LogP contribution in [0.1, 0.15) is 0 Å². The molecule has 35 heavy (non-hydrogen) atoms. The summed E-state index contributed by atoms with van der Waals surface area (Å²) >= 11 is 13.3. The van der Waals surface area contributed by atoms with E-state index in [2.05, 4.69) is 10.6 Å². The lowest BCUT2D eigenvalue weighted by Gasteiger charge is -2.16. The van der Waals surface area contributed by atoms with E-state index in [-0.39, 0.29) is 10.9 Å². The Bertz CT molecular complexity index is 1910. The molecule has 0 aromatic heterocycles. The molecule has 7 heteroatoms. The maximum Gasteiger partial charge on any atom is 0.189 e. The molecular formula is C28H17Cl2N3O2. The summed E-state index contributed by atoms with van der Waals surface area (Å²) < 4.78 is 0. The molecule has 170 valence electrons. The fourth-order valence-corrected chi connectivity index (χ4v) is 5.16. The molecule has 0 unspecified atom stereocenters. The molecular weight excluding hydrogens is 481 g/mol. The van der Waals surface area contributed by atoms with Gasteiger partial charge in [-0.3, -0.25) is 9.59 Å². The third kappa shape index (κ3) is 3.48. The number of hydrogen-bond acceptors (Lipinski definition) is 5. The molecule has 0 saturated carbocycles. The van der Waals surface area contributed by atoms with E-state index in [9.17, 15) is 9.59 Å². The van der Waals surface area contributed by atoms with Crippen LogP contribution in [0.4, 0.5) is 28.4 Å². The Kier molecular flexibility index (Phi) is 4.92. The Morgan fingerprint density at radius 2 is 1.06 bits per heavy atom. The van der Waals surface area contributed by atoms with E-state index in [1.165, 1.54) is 12.1 Å². The van der Waals surface area contributed by atoms with Crippen LogP contribution in [0.25, 0.3) is 21.5 Å². The van der Waals surface area contributed by atoms with Gasteiger partial charge in [0.25, 0.3) is 0 Å². The second-order valence-electron chi connectivity index (χ2n) is 8.39. The van der Waals surface area contributed by atoms with E-state index in [1.807, 2.05) is 42.5 Å². The van der Waals surface area contributed by atoms with Gasteiger partial charge in [0.15, 0.2) is 10.9 Å². The summed E-state index contributed by atoms with van der Waals surface area (Å²) in [6.45, 7) is 0. The lowest BCUT2D eigenvalue weighted by molar-refractivity contribution is 1.48. The molecule has 0 fully saturated rings. The van der Waals surface area contributed by atoms with Crippen molar-refractivity contribution in [2.45, 2.75) is 0 Å². The number of anilines is 5. The molecule has 0 bridgehead atoms. The van der Waals surface area contributed by atoms with Crippen molar-refractivity contribution in [3.63, 3.8) is 0 Å². The first-order valence-electron chi connectivity index (χ1n) is 10.9. The summed E-state index contributed by atoms with van der Waals surface area (Å²) in [5.41, 5.74) is 8.67. The van der Waals surface area contributed by atoms with Gasteiger partial charge in [0.05, 0.1) is 32.2 Å². The SMILES string of the molecule is Nc1ccc(Nc2cc(Cl)c3cc(=O)c4c(Nc5ccccc5)cc(Cl)c5cc(=O)c2c3=c54)cc1. The van der Waals surface area contributed by atoms with Crippen molar-refractivity contribution in [3.8, 4) is 0 Å². The first-order valence-corrected chi connectivity index (χ1v) is 11.6. The maximum atomic E-state index is 13.4. The zero-order valence-electron chi connectivity index (χ0n) is 18.2. The molecule has 0 heterocycles. The van der Waals surface area contributed by atoms with Crippen LogP contribution in [0.15, 0.2) is 88.5 Å². The highest BCUT2D eigenvalue weighted by Gasteiger charge is 2.20. The Morgan fingerprint density at radius 3 is 1.54 bits per heavy atom. The molecule has 0 saturated heterocycles. The lowest BCUT2D eigenvalue weighted by atomic mass is 9.94. The van der Waals surface area contributed by atoms with Gasteiger partial charge in [-0.15, -0.1) is 0 Å². The highest BCUT2D eigenvalue weighted by atomic mass is 35.5. The van der Waals surface area contributed by atoms with Crippen LogP contribution in [-0.4, -0.2) is 0 Å². The quantitative estimate of drug-likeness (QED) is 0.236. The number of rotatable bonds is 4. The zero-order valence-corrected chi connectivity index (χ0v) is 19.7. The molecule has 0 aliphatic heterocycles. The predicted octanol–water partition coefficient (Wildman–Crippen LogP) is 6.69. The van der Waals surface area contributed by atoms with Crippen molar-refractivity contribution in [2.75, 3.05) is 16.4 Å². The van der Waals surface area contributed by atoms with E-state index in [0.29, 0.717) is 59.1 Å². The minimum atomic E-state index is -0.220. The number of nitrogens with two attached hydrogens (primary N) is 1. The van der Waals surface area contributed by atoms with Crippen LogP contribution in [-0.2, 0) is 0 Å². The average molecular weight is 498 g/mol. The summed E-state index contributed by atoms with van der Waals surface area (Å²) in [6.07, 6.45) is 0. The summed E-state index contributed by atoms with van der Waals surface area (Å²) in [6, 6.07) is 23.0. The predicted molar refractivity (Wildman–Crippen MR) is 146 cm³/mol. The minimum Gasteiger partial charge on any atom is -0.399 e. The fraction of sp³-hybridized carbons (Fsp3) is 0. The molecule has 0 atom stereocenters. The van der Waals surface area contributed by atoms with Gasteiger partial charge < -0.3 is 16.4 Å². The van der Waals surface area contributed by atoms with E-state index in [4.69, 9.17) is 28.9 Å². The minimum absolute atomic E-state index is 0.210. The van der Waals surface area contributed by atoms with Crippen molar-refractivity contribution in [3.05, 3.63) is 120 Å². The topological polar surface area (TPSA) is 84.2 Å². The second-order valence-corrected chi connectivity index (χ2v) is 9.21. The Balaban J connectivity index is 1.74. The summed E-state index contributed by atoms with van der Waals surface area (Å²) in [5.74, 6) is 0. The van der Waals surface area contributed by atoms with E-state index in [0.717, 1.165) is 11.4 Å². The van der Waals surface area contributed by atoms with E-state index in [1.54, 1.807) is 24.3 Å². The van der Waals surface area contributed by atoms with Gasteiger partial charge in [0.2, 0.25) is 0 Å². The first kappa shape index (κ1) is 21.5. The largest absolute Gasteiger partial charge is 0.399 e. The normalized spacial score (nSPS) is 11.5. The van der Waals surface area contributed by atoms with Crippen LogP contribution in [0.5, 0.6) is 0 Å².